The van der Waals surface area contributed by atoms with Gasteiger partial charge in [0.2, 0.25) is 0 Å². The zero-order valence-electron chi connectivity index (χ0n) is 12.3. The molecule has 0 spiro atoms. The second-order valence-electron chi connectivity index (χ2n) is 4.75. The zero-order valence-corrected chi connectivity index (χ0v) is 12.3. The highest BCUT2D eigenvalue weighted by atomic mass is 16.5. The predicted molar refractivity (Wildman–Crippen MR) is 81.0 cm³/mol. The summed E-state index contributed by atoms with van der Waals surface area (Å²) in [5, 5.41) is 20.8. The summed E-state index contributed by atoms with van der Waals surface area (Å²) in [6.07, 6.45) is 0. The number of carbonyl (C=O) groups excluding carboxylic acids is 1. The Labute approximate surface area is 123 Å². The maximum absolute atomic E-state index is 11.9. The van der Waals surface area contributed by atoms with Crippen LogP contribution >= 0.6 is 0 Å². The number of allylic oxidation sites excluding steroid dienone is 1. The molecule has 0 aliphatic carbocycles. The first-order chi connectivity index (χ1) is 9.99. The molecule has 0 saturated heterocycles. The van der Waals surface area contributed by atoms with Crippen LogP contribution in [0.2, 0.25) is 0 Å². The van der Waals surface area contributed by atoms with E-state index in [9.17, 15) is 15.1 Å². The number of aliphatic hydroxyl groups excluding tert-OH is 1. The number of hydrogen-bond acceptors (Lipinski definition) is 4. The quantitative estimate of drug-likeness (QED) is 0.821. The summed E-state index contributed by atoms with van der Waals surface area (Å²) in [6.45, 7) is 5.48. The van der Waals surface area contributed by atoms with E-state index in [2.05, 4.69) is 4.99 Å². The molecule has 1 aromatic carbocycles. The van der Waals surface area contributed by atoms with E-state index in [4.69, 9.17) is 0 Å². The van der Waals surface area contributed by atoms with Gasteiger partial charge < -0.3 is 5.11 Å². The van der Waals surface area contributed by atoms with Crippen LogP contribution in [0.15, 0.2) is 52.2 Å². The maximum Gasteiger partial charge on any atom is 0.282 e. The first kappa shape index (κ1) is 15.0. The summed E-state index contributed by atoms with van der Waals surface area (Å²) in [5.41, 5.74) is 2.10. The third-order valence-corrected chi connectivity index (χ3v) is 3.42. The molecule has 2 N–H and O–H groups in total. The average Bonchev–Trinajstić information content (AvgIpc) is 2.51. The first-order valence-electron chi connectivity index (χ1n) is 6.73. The van der Waals surface area contributed by atoms with Gasteiger partial charge in [0.25, 0.3) is 5.91 Å². The largest absolute Gasteiger partial charge is 0.507 e. The summed E-state index contributed by atoms with van der Waals surface area (Å²) in [5.74, 6) is -0.727. The van der Waals surface area contributed by atoms with Crippen molar-refractivity contribution in [3.63, 3.8) is 0 Å². The summed E-state index contributed by atoms with van der Waals surface area (Å²) in [7, 11) is 0. The van der Waals surface area contributed by atoms with Crippen molar-refractivity contribution in [3.05, 3.63) is 52.8 Å². The van der Waals surface area contributed by atoms with Gasteiger partial charge in [-0.1, -0.05) is 30.3 Å². The van der Waals surface area contributed by atoms with Crippen LogP contribution in [0.3, 0.4) is 0 Å². The molecule has 5 nitrogen and oxygen atoms in total. The van der Waals surface area contributed by atoms with E-state index >= 15 is 0 Å². The molecule has 0 aromatic heterocycles. The number of amides is 1. The number of hydroxylamine groups is 2. The number of carbonyl (C=O) groups is 1. The van der Waals surface area contributed by atoms with Crippen LogP contribution in [0, 0.1) is 0 Å². The van der Waals surface area contributed by atoms with Gasteiger partial charge in [-0.15, -0.1) is 0 Å². The fourth-order valence-corrected chi connectivity index (χ4v) is 2.23. The minimum absolute atomic E-state index is 0.0759. The van der Waals surface area contributed by atoms with Gasteiger partial charge in [-0.05, 0) is 31.9 Å². The fraction of sp³-hybridized carbons (Fsp3) is 0.250. The van der Waals surface area contributed by atoms with Gasteiger partial charge in [0.15, 0.2) is 5.84 Å². The molecule has 0 saturated carbocycles. The average molecular weight is 286 g/mol. The van der Waals surface area contributed by atoms with Gasteiger partial charge >= 0.3 is 0 Å². The van der Waals surface area contributed by atoms with E-state index in [1.54, 1.807) is 6.92 Å². The summed E-state index contributed by atoms with van der Waals surface area (Å²) >= 11 is 0. The van der Waals surface area contributed by atoms with Crippen LogP contribution in [0.1, 0.15) is 26.3 Å². The Balaban J connectivity index is 2.73. The summed E-state index contributed by atoms with van der Waals surface area (Å²) in [6, 6.07) is 9.45. The number of hydrogen-bond donors (Lipinski definition) is 2. The van der Waals surface area contributed by atoms with E-state index in [1.165, 1.54) is 6.92 Å². The smallest absolute Gasteiger partial charge is 0.282 e. The van der Waals surface area contributed by atoms with Gasteiger partial charge in [0, 0.05) is 6.54 Å². The Bertz CT molecular complexity index is 657. The first-order valence-corrected chi connectivity index (χ1v) is 6.73. The molecule has 1 heterocycles. The van der Waals surface area contributed by atoms with Crippen molar-refractivity contribution in [3.8, 4) is 0 Å². The van der Waals surface area contributed by atoms with Crippen molar-refractivity contribution < 1.29 is 15.1 Å². The lowest BCUT2D eigenvalue weighted by atomic mass is 9.94. The SMILES string of the molecule is CCN=C1/C(=C(\C)c2ccccc2)C(O)=C(C)C(=O)N1O. The van der Waals surface area contributed by atoms with E-state index in [1.807, 2.05) is 37.3 Å². The third kappa shape index (κ3) is 2.60. The van der Waals surface area contributed by atoms with Gasteiger partial charge in [-0.25, -0.2) is 0 Å². The van der Waals surface area contributed by atoms with Crippen LogP contribution in [0.4, 0.5) is 0 Å². The van der Waals surface area contributed by atoms with Crippen LogP contribution in [-0.2, 0) is 4.79 Å². The number of nitrogens with zero attached hydrogens (tertiary/aromatic N) is 2. The maximum atomic E-state index is 11.9. The molecule has 0 bridgehead atoms. The minimum Gasteiger partial charge on any atom is -0.507 e. The van der Waals surface area contributed by atoms with E-state index in [0.29, 0.717) is 17.2 Å². The van der Waals surface area contributed by atoms with Crippen molar-refractivity contribution in [1.29, 1.82) is 0 Å². The highest BCUT2D eigenvalue weighted by Crippen LogP contribution is 2.30. The van der Waals surface area contributed by atoms with Crippen molar-refractivity contribution in [1.82, 2.24) is 5.06 Å². The molecule has 2 rings (SSSR count). The van der Waals surface area contributed by atoms with Gasteiger partial charge in [-0.3, -0.25) is 15.0 Å². The van der Waals surface area contributed by atoms with Crippen LogP contribution in [0.5, 0.6) is 0 Å². The highest BCUT2D eigenvalue weighted by Gasteiger charge is 2.34. The Morgan fingerprint density at radius 3 is 2.48 bits per heavy atom. The van der Waals surface area contributed by atoms with Gasteiger partial charge in [-0.2, -0.15) is 5.06 Å². The van der Waals surface area contributed by atoms with Crippen LogP contribution in [-0.4, -0.2) is 33.7 Å². The Kier molecular flexibility index (Phi) is 4.23. The molecular formula is C16H18N2O3. The van der Waals surface area contributed by atoms with Gasteiger partial charge in [0.1, 0.15) is 5.76 Å². The zero-order chi connectivity index (χ0) is 15.6. The summed E-state index contributed by atoms with van der Waals surface area (Å²) in [4.78, 5) is 16.0. The topological polar surface area (TPSA) is 73.1 Å². The van der Waals surface area contributed by atoms with E-state index in [-0.39, 0.29) is 17.2 Å². The van der Waals surface area contributed by atoms with Crippen molar-refractivity contribution in [2.24, 2.45) is 4.99 Å². The highest BCUT2D eigenvalue weighted by molar-refractivity contribution is 6.20. The molecule has 0 unspecified atom stereocenters. The Hall–Kier alpha value is -2.40. The van der Waals surface area contributed by atoms with E-state index < -0.39 is 5.91 Å². The van der Waals surface area contributed by atoms with Crippen LogP contribution in [0.25, 0.3) is 5.57 Å². The molecule has 1 amide bonds. The van der Waals surface area contributed by atoms with Crippen molar-refractivity contribution in [2.75, 3.05) is 6.54 Å². The van der Waals surface area contributed by atoms with Crippen LogP contribution < -0.4 is 0 Å². The molecule has 110 valence electrons. The molecule has 1 aliphatic heterocycles. The second kappa shape index (κ2) is 5.93. The Morgan fingerprint density at radius 1 is 1.29 bits per heavy atom. The molecule has 0 radical (unpaired) electrons. The lowest BCUT2D eigenvalue weighted by Crippen LogP contribution is -2.41. The number of rotatable bonds is 2. The molecular weight excluding hydrogens is 268 g/mol. The normalized spacial score (nSPS) is 20.3. The number of amidine groups is 1. The Morgan fingerprint density at radius 2 is 1.90 bits per heavy atom. The standard InChI is InChI=1S/C16H18N2O3/c1-4-17-15-13(10(2)12-8-6-5-7-9-12)14(19)11(3)16(20)18(15)21/h5-9,19,21H,4H2,1-3H3/b13-10+,17-15?. The monoisotopic (exact) mass is 286 g/mol. The number of aliphatic hydroxyl groups is 1. The molecule has 5 heteroatoms. The summed E-state index contributed by atoms with van der Waals surface area (Å²) < 4.78 is 0. The van der Waals surface area contributed by atoms with Crippen molar-refractivity contribution >= 4 is 17.3 Å². The molecule has 0 atom stereocenters. The molecule has 1 aromatic rings. The second-order valence-corrected chi connectivity index (χ2v) is 4.75. The van der Waals surface area contributed by atoms with E-state index in [0.717, 1.165) is 11.1 Å². The number of benzene rings is 1. The lowest BCUT2D eigenvalue weighted by molar-refractivity contribution is -0.145. The lowest BCUT2D eigenvalue weighted by Gasteiger charge is -2.27. The van der Waals surface area contributed by atoms with Crippen molar-refractivity contribution in [2.45, 2.75) is 20.8 Å². The molecule has 0 fully saturated rings. The number of aliphatic imine (C=N–C) groups is 1. The minimum atomic E-state index is -0.663. The fourth-order valence-electron chi connectivity index (χ4n) is 2.23. The molecule has 21 heavy (non-hydrogen) atoms. The predicted octanol–water partition coefficient (Wildman–Crippen LogP) is 2.94. The van der Waals surface area contributed by atoms with Gasteiger partial charge in [0.05, 0.1) is 11.1 Å². The molecule has 1 aliphatic rings. The third-order valence-electron chi connectivity index (χ3n) is 3.42.